The summed E-state index contributed by atoms with van der Waals surface area (Å²) in [6, 6.07) is 0. The van der Waals surface area contributed by atoms with Crippen LogP contribution in [0.15, 0.2) is 11.6 Å². The third-order valence-electron chi connectivity index (χ3n) is 4.50. The fourth-order valence-corrected chi connectivity index (χ4v) is 3.16. The van der Waals surface area contributed by atoms with Crippen molar-refractivity contribution in [3.63, 3.8) is 0 Å². The summed E-state index contributed by atoms with van der Waals surface area (Å²) in [6.45, 7) is 11.4. The van der Waals surface area contributed by atoms with Crippen LogP contribution in [0.1, 0.15) is 92.4 Å². The number of hydrogen-bond donors (Lipinski definition) is 0. The lowest BCUT2D eigenvalue weighted by molar-refractivity contribution is -0.107. The summed E-state index contributed by atoms with van der Waals surface area (Å²) in [6.07, 6.45) is 13.2. The molecule has 0 unspecified atom stereocenters. The Kier molecular flexibility index (Phi) is 13.0. The predicted molar refractivity (Wildman–Crippen MR) is 99.3 cm³/mol. The molecule has 0 aromatic carbocycles. The maximum absolute atomic E-state index is 10.8. The lowest BCUT2D eigenvalue weighted by Crippen LogP contribution is -2.00. The summed E-state index contributed by atoms with van der Waals surface area (Å²) < 4.78 is 0. The van der Waals surface area contributed by atoms with Gasteiger partial charge < -0.3 is 0 Å². The van der Waals surface area contributed by atoms with Crippen LogP contribution in [0, 0.1) is 17.8 Å². The Bertz CT molecular complexity index is 320. The Hall–Kier alpha value is -0.300. The largest absolute Gasteiger partial charge is 0.276 e. The minimum absolute atomic E-state index is 0.350. The summed E-state index contributed by atoms with van der Waals surface area (Å²) in [5.41, 5.74) is 1.10. The van der Waals surface area contributed by atoms with Crippen LogP contribution in [0.2, 0.25) is 0 Å². The first-order chi connectivity index (χ1) is 10.3. The molecule has 1 nitrogen and oxygen atoms in total. The molecule has 0 N–H and O–H groups in total. The summed E-state index contributed by atoms with van der Waals surface area (Å²) in [5.74, 6) is 2.52. The molecule has 0 heterocycles. The molecule has 0 aliphatic carbocycles. The fraction of sp³-hybridized carbons (Fsp3) is 0.850. The third-order valence-corrected chi connectivity index (χ3v) is 4.61. The van der Waals surface area contributed by atoms with Gasteiger partial charge in [-0.2, -0.15) is 0 Å². The van der Waals surface area contributed by atoms with Crippen molar-refractivity contribution in [3.05, 3.63) is 11.6 Å². The highest BCUT2D eigenvalue weighted by Crippen LogP contribution is 2.22. The topological polar surface area (TPSA) is 17.1 Å². The SMILES string of the molecule is C/C(=C\C(=O)Cl)CCC[C@H](C)CCC[C@H](C)CCCC(C)C. The van der Waals surface area contributed by atoms with Gasteiger partial charge in [-0.1, -0.05) is 78.2 Å². The van der Waals surface area contributed by atoms with Gasteiger partial charge in [0, 0.05) is 0 Å². The van der Waals surface area contributed by atoms with Gasteiger partial charge in [0.1, 0.15) is 0 Å². The van der Waals surface area contributed by atoms with Crippen molar-refractivity contribution >= 4 is 16.8 Å². The highest BCUT2D eigenvalue weighted by atomic mass is 35.5. The Labute approximate surface area is 143 Å². The molecule has 0 fully saturated rings. The normalized spacial score (nSPS) is 15.1. The van der Waals surface area contributed by atoms with E-state index in [1.54, 1.807) is 6.08 Å². The van der Waals surface area contributed by atoms with E-state index in [1.807, 2.05) is 6.92 Å². The molecule has 0 aliphatic heterocycles. The van der Waals surface area contributed by atoms with Crippen molar-refractivity contribution in [3.8, 4) is 0 Å². The van der Waals surface area contributed by atoms with Gasteiger partial charge in [-0.15, -0.1) is 0 Å². The number of hydrogen-bond acceptors (Lipinski definition) is 1. The second-order valence-corrected chi connectivity index (χ2v) is 8.03. The monoisotopic (exact) mass is 328 g/mol. The van der Waals surface area contributed by atoms with Crippen molar-refractivity contribution in [2.75, 3.05) is 0 Å². The van der Waals surface area contributed by atoms with Crippen molar-refractivity contribution in [1.29, 1.82) is 0 Å². The second kappa shape index (κ2) is 13.2. The Morgan fingerprint density at radius 3 is 1.77 bits per heavy atom. The Morgan fingerprint density at radius 2 is 1.32 bits per heavy atom. The van der Waals surface area contributed by atoms with Crippen molar-refractivity contribution < 1.29 is 4.79 Å². The average Bonchev–Trinajstić information content (AvgIpc) is 2.37. The van der Waals surface area contributed by atoms with E-state index in [0.717, 1.165) is 36.2 Å². The van der Waals surface area contributed by atoms with Crippen molar-refractivity contribution in [1.82, 2.24) is 0 Å². The van der Waals surface area contributed by atoms with E-state index >= 15 is 0 Å². The molecule has 0 rings (SSSR count). The van der Waals surface area contributed by atoms with Crippen LogP contribution < -0.4 is 0 Å². The minimum Gasteiger partial charge on any atom is -0.276 e. The smallest absolute Gasteiger partial charge is 0.245 e. The lowest BCUT2D eigenvalue weighted by atomic mass is 9.91. The maximum atomic E-state index is 10.8. The van der Waals surface area contributed by atoms with Gasteiger partial charge in [-0.3, -0.25) is 4.79 Å². The second-order valence-electron chi connectivity index (χ2n) is 7.65. The standard InChI is InChI=1S/C20H37ClO/c1-16(2)9-6-10-17(3)11-7-12-18(4)13-8-14-19(5)15-20(21)22/h15-18H,6-14H2,1-5H3/b19-15+/t17-,18-/m1/s1. The van der Waals surface area contributed by atoms with Gasteiger partial charge in [-0.05, 0) is 55.2 Å². The van der Waals surface area contributed by atoms with E-state index < -0.39 is 0 Å². The molecule has 0 bridgehead atoms. The summed E-state index contributed by atoms with van der Waals surface area (Å²) in [5, 5.41) is -0.350. The van der Waals surface area contributed by atoms with E-state index in [0.29, 0.717) is 0 Å². The highest BCUT2D eigenvalue weighted by Gasteiger charge is 2.06. The average molecular weight is 329 g/mol. The van der Waals surface area contributed by atoms with E-state index in [1.165, 1.54) is 44.9 Å². The van der Waals surface area contributed by atoms with Gasteiger partial charge in [0.2, 0.25) is 5.24 Å². The first-order valence-corrected chi connectivity index (χ1v) is 9.55. The quantitative estimate of drug-likeness (QED) is 0.259. The van der Waals surface area contributed by atoms with Crippen LogP contribution in [0.4, 0.5) is 0 Å². The molecule has 0 amide bonds. The highest BCUT2D eigenvalue weighted by molar-refractivity contribution is 6.66. The third kappa shape index (κ3) is 14.6. The molecule has 2 atom stereocenters. The Morgan fingerprint density at radius 1 is 0.864 bits per heavy atom. The molecule has 0 saturated heterocycles. The van der Waals surface area contributed by atoms with Crippen LogP contribution in [0.25, 0.3) is 0 Å². The number of carbonyl (C=O) groups is 1. The maximum Gasteiger partial charge on any atom is 0.245 e. The van der Waals surface area contributed by atoms with Gasteiger partial charge >= 0.3 is 0 Å². The summed E-state index contributed by atoms with van der Waals surface area (Å²) in [7, 11) is 0. The van der Waals surface area contributed by atoms with Crippen molar-refractivity contribution in [2.45, 2.75) is 92.4 Å². The molecule has 0 aromatic rings. The number of halogens is 1. The summed E-state index contributed by atoms with van der Waals surface area (Å²) >= 11 is 5.35. The number of allylic oxidation sites excluding steroid dienone is 2. The van der Waals surface area contributed by atoms with Crippen molar-refractivity contribution in [2.24, 2.45) is 17.8 Å². The molecular weight excluding hydrogens is 292 g/mol. The molecule has 0 saturated carbocycles. The van der Waals surface area contributed by atoms with Gasteiger partial charge in [0.05, 0.1) is 0 Å². The van der Waals surface area contributed by atoms with Crippen LogP contribution in [-0.4, -0.2) is 5.24 Å². The zero-order valence-corrected chi connectivity index (χ0v) is 16.2. The molecule has 130 valence electrons. The number of rotatable bonds is 13. The summed E-state index contributed by atoms with van der Waals surface area (Å²) in [4.78, 5) is 10.8. The number of carbonyl (C=O) groups excluding carboxylic acids is 1. The van der Waals surface area contributed by atoms with E-state index in [-0.39, 0.29) is 5.24 Å². The molecule has 0 aliphatic rings. The zero-order valence-electron chi connectivity index (χ0n) is 15.5. The van der Waals surface area contributed by atoms with Gasteiger partial charge in [-0.25, -0.2) is 0 Å². The van der Waals surface area contributed by atoms with Gasteiger partial charge in [0.15, 0.2) is 0 Å². The van der Waals surface area contributed by atoms with E-state index in [9.17, 15) is 4.79 Å². The molecule has 2 heteroatoms. The molecular formula is C20H37ClO. The Balaban J connectivity index is 3.60. The van der Waals surface area contributed by atoms with Crippen LogP contribution in [0.3, 0.4) is 0 Å². The van der Waals surface area contributed by atoms with Crippen LogP contribution >= 0.6 is 11.6 Å². The first kappa shape index (κ1) is 21.7. The lowest BCUT2D eigenvalue weighted by Gasteiger charge is -2.15. The van der Waals surface area contributed by atoms with Crippen LogP contribution in [0.5, 0.6) is 0 Å². The van der Waals surface area contributed by atoms with E-state index in [2.05, 4.69) is 27.7 Å². The first-order valence-electron chi connectivity index (χ1n) is 9.17. The molecule has 22 heavy (non-hydrogen) atoms. The predicted octanol–water partition coefficient (Wildman–Crippen LogP) is 7.14. The molecule has 0 radical (unpaired) electrons. The molecule has 0 spiro atoms. The van der Waals surface area contributed by atoms with Gasteiger partial charge in [0.25, 0.3) is 0 Å². The fourth-order valence-electron chi connectivity index (χ4n) is 2.97. The van der Waals surface area contributed by atoms with Crippen LogP contribution in [-0.2, 0) is 4.79 Å². The molecule has 0 aromatic heterocycles. The minimum atomic E-state index is -0.350. The zero-order chi connectivity index (χ0) is 17.0. The van der Waals surface area contributed by atoms with E-state index in [4.69, 9.17) is 11.6 Å².